The van der Waals surface area contributed by atoms with Crippen LogP contribution in [-0.4, -0.2) is 33.7 Å². The first-order valence-electron chi connectivity index (χ1n) is 8.64. The topological polar surface area (TPSA) is 138 Å². The van der Waals surface area contributed by atoms with Gasteiger partial charge in [0.1, 0.15) is 11.4 Å². The zero-order valence-corrected chi connectivity index (χ0v) is 18.6. The molecule has 0 heterocycles. The molecule has 164 valence electrons. The van der Waals surface area contributed by atoms with Crippen LogP contribution in [0.15, 0.2) is 88.7 Å². The van der Waals surface area contributed by atoms with Crippen molar-refractivity contribution in [1.82, 2.24) is 0 Å². The minimum Gasteiger partial charge on any atom is -0.495 e. The van der Waals surface area contributed by atoms with Gasteiger partial charge in [-0.3, -0.25) is 4.57 Å². The second-order valence-electron chi connectivity index (χ2n) is 6.23. The van der Waals surface area contributed by atoms with E-state index >= 15 is 0 Å². The van der Waals surface area contributed by atoms with E-state index in [4.69, 9.17) is 4.74 Å². The molecule has 3 aromatic rings. The van der Waals surface area contributed by atoms with Crippen LogP contribution in [0.4, 0.5) is 5.69 Å². The Hall–Kier alpha value is -2.69. The summed E-state index contributed by atoms with van der Waals surface area (Å²) in [7, 11) is -13.1. The normalized spacial score (nSPS) is 12.4. The second-order valence-corrected chi connectivity index (χ2v) is 11.6. The summed E-state index contributed by atoms with van der Waals surface area (Å²) in [6.07, 6.45) is 0. The molecule has 9 nitrogen and oxygen atoms in total. The highest BCUT2D eigenvalue weighted by molar-refractivity contribution is 8.10. The maximum atomic E-state index is 13.5. The Morgan fingerprint density at radius 2 is 1.23 bits per heavy atom. The molecule has 0 saturated heterocycles. The Morgan fingerprint density at radius 3 is 1.61 bits per heavy atom. The highest BCUT2D eigenvalue weighted by Gasteiger charge is 2.39. The first-order valence-corrected chi connectivity index (χ1v) is 13.1. The van der Waals surface area contributed by atoms with Crippen LogP contribution in [0, 0.1) is 0 Å². The van der Waals surface area contributed by atoms with E-state index in [0.717, 1.165) is 18.2 Å². The van der Waals surface area contributed by atoms with E-state index in [9.17, 15) is 31.2 Å². The number of hydrogen-bond donors (Lipinski definition) is 2. The van der Waals surface area contributed by atoms with Crippen LogP contribution in [0.5, 0.6) is 5.75 Å². The van der Waals surface area contributed by atoms with Gasteiger partial charge in [0.05, 0.1) is 22.2 Å². The molecule has 0 aromatic heterocycles. The molecule has 2 N–H and O–H groups in total. The van der Waals surface area contributed by atoms with Crippen molar-refractivity contribution in [3.63, 3.8) is 0 Å². The van der Waals surface area contributed by atoms with Crippen LogP contribution < -0.4 is 13.8 Å². The van der Waals surface area contributed by atoms with Crippen molar-refractivity contribution in [2.45, 2.75) is 9.79 Å². The summed E-state index contributed by atoms with van der Waals surface area (Å²) >= 11 is 0. The van der Waals surface area contributed by atoms with Crippen LogP contribution in [0.3, 0.4) is 0 Å². The van der Waals surface area contributed by atoms with Crippen LogP contribution in [0.1, 0.15) is 0 Å². The number of methoxy groups -OCH3 is 1. The van der Waals surface area contributed by atoms with Gasteiger partial charge in [-0.2, -0.15) is 3.71 Å². The van der Waals surface area contributed by atoms with E-state index in [1.807, 2.05) is 0 Å². The molecule has 3 aromatic carbocycles. The lowest BCUT2D eigenvalue weighted by Gasteiger charge is -2.26. The highest BCUT2D eigenvalue weighted by atomic mass is 32.3. The van der Waals surface area contributed by atoms with E-state index in [0.29, 0.717) is 0 Å². The third-order valence-corrected chi connectivity index (χ3v) is 9.34. The Kier molecular flexibility index (Phi) is 6.26. The first kappa shape index (κ1) is 23.0. The predicted molar refractivity (Wildman–Crippen MR) is 114 cm³/mol. The van der Waals surface area contributed by atoms with Crippen LogP contribution in [-0.2, 0) is 24.6 Å². The van der Waals surface area contributed by atoms with Crippen LogP contribution in [0.25, 0.3) is 0 Å². The number of benzene rings is 3. The molecular formula is C19H18NO8PS2. The van der Waals surface area contributed by atoms with E-state index in [1.54, 1.807) is 12.1 Å². The van der Waals surface area contributed by atoms with Gasteiger partial charge >= 0.3 is 7.60 Å². The number of rotatable bonds is 7. The Morgan fingerprint density at radius 1 is 0.774 bits per heavy atom. The minimum atomic E-state index is -4.84. The van der Waals surface area contributed by atoms with Crippen molar-refractivity contribution in [1.29, 1.82) is 0 Å². The van der Waals surface area contributed by atoms with E-state index < -0.39 is 38.6 Å². The zero-order chi connectivity index (χ0) is 22.9. The van der Waals surface area contributed by atoms with Gasteiger partial charge in [-0.05, 0) is 42.5 Å². The minimum absolute atomic E-state index is 0.128. The van der Waals surface area contributed by atoms with Gasteiger partial charge in [-0.1, -0.05) is 36.4 Å². The number of nitrogens with zero attached hydrogens (tertiary/aromatic N) is 1. The SMILES string of the molecule is COc1ccc(P(=O)(O)O)cc1N(S(=O)(=O)c1ccccc1)S(=O)(=O)c1ccccc1. The molecule has 0 fully saturated rings. The van der Waals surface area contributed by atoms with Crippen LogP contribution >= 0.6 is 7.60 Å². The maximum Gasteiger partial charge on any atom is 0.356 e. The fourth-order valence-electron chi connectivity index (χ4n) is 2.77. The molecule has 3 rings (SSSR count). The van der Waals surface area contributed by atoms with Crippen molar-refractivity contribution < 1.29 is 35.9 Å². The van der Waals surface area contributed by atoms with Crippen molar-refractivity contribution in [2.24, 2.45) is 0 Å². The average molecular weight is 483 g/mol. The summed E-state index contributed by atoms with van der Waals surface area (Å²) in [5.74, 6) is -0.212. The number of ether oxygens (including phenoxy) is 1. The van der Waals surface area contributed by atoms with Gasteiger partial charge in [0.25, 0.3) is 20.0 Å². The second kappa shape index (κ2) is 8.45. The molecule has 0 radical (unpaired) electrons. The Labute approximate surface area is 179 Å². The van der Waals surface area contributed by atoms with Gasteiger partial charge in [0.2, 0.25) is 0 Å². The van der Waals surface area contributed by atoms with Crippen molar-refractivity contribution in [2.75, 3.05) is 10.8 Å². The summed E-state index contributed by atoms with van der Waals surface area (Å²) < 4.78 is 71.0. The monoisotopic (exact) mass is 483 g/mol. The predicted octanol–water partition coefficient (Wildman–Crippen LogP) is 2.08. The summed E-state index contributed by atoms with van der Waals surface area (Å²) in [5, 5.41) is -0.570. The lowest BCUT2D eigenvalue weighted by atomic mass is 10.3. The molecule has 0 atom stereocenters. The lowest BCUT2D eigenvalue weighted by Crippen LogP contribution is -2.37. The molecule has 0 bridgehead atoms. The largest absolute Gasteiger partial charge is 0.495 e. The third kappa shape index (κ3) is 4.51. The molecule has 0 amide bonds. The summed E-state index contributed by atoms with van der Waals surface area (Å²) in [6.45, 7) is 0. The Balaban J connectivity index is 2.40. The molecular weight excluding hydrogens is 465 g/mol. The van der Waals surface area contributed by atoms with E-state index in [1.165, 1.54) is 55.6 Å². The zero-order valence-electron chi connectivity index (χ0n) is 16.1. The van der Waals surface area contributed by atoms with Gasteiger partial charge in [0, 0.05) is 0 Å². The van der Waals surface area contributed by atoms with Gasteiger partial charge < -0.3 is 14.5 Å². The molecule has 0 saturated carbocycles. The standard InChI is InChI=1S/C19H18NO8PS2/c1-28-19-13-12-15(29(21,22)23)14-18(19)20(30(24,25)16-8-4-2-5-9-16)31(26,27)17-10-6-3-7-11-17/h2-14H,1H3,(H2,21,22,23). The molecule has 0 unspecified atom stereocenters. The summed E-state index contributed by atoms with van der Waals surface area (Å²) in [6, 6.07) is 16.6. The smallest absolute Gasteiger partial charge is 0.356 e. The summed E-state index contributed by atoms with van der Waals surface area (Å²) in [4.78, 5) is 18.4. The summed E-state index contributed by atoms with van der Waals surface area (Å²) in [5.41, 5.74) is -0.559. The van der Waals surface area contributed by atoms with Crippen molar-refractivity contribution >= 4 is 38.6 Å². The van der Waals surface area contributed by atoms with E-state index in [2.05, 4.69) is 0 Å². The fraction of sp³-hybridized carbons (Fsp3) is 0.0526. The molecule has 31 heavy (non-hydrogen) atoms. The highest BCUT2D eigenvalue weighted by Crippen LogP contribution is 2.41. The lowest BCUT2D eigenvalue weighted by molar-refractivity contribution is 0.387. The number of anilines is 1. The molecule has 0 aliphatic rings. The average Bonchev–Trinajstić information content (AvgIpc) is 2.74. The molecule has 0 aliphatic carbocycles. The first-order chi connectivity index (χ1) is 14.5. The molecule has 12 heteroatoms. The van der Waals surface area contributed by atoms with Crippen molar-refractivity contribution in [3.05, 3.63) is 78.9 Å². The van der Waals surface area contributed by atoms with Crippen molar-refractivity contribution in [3.8, 4) is 5.75 Å². The van der Waals surface area contributed by atoms with Gasteiger partial charge in [-0.25, -0.2) is 16.8 Å². The molecule has 0 spiro atoms. The maximum absolute atomic E-state index is 13.5. The van der Waals surface area contributed by atoms with E-state index in [-0.39, 0.29) is 19.3 Å². The third-order valence-electron chi connectivity index (χ3n) is 4.21. The Bertz CT molecular complexity index is 1270. The molecule has 0 aliphatic heterocycles. The fourth-order valence-corrected chi connectivity index (χ4v) is 7.06. The van der Waals surface area contributed by atoms with Crippen LogP contribution in [0.2, 0.25) is 0 Å². The van der Waals surface area contributed by atoms with Gasteiger partial charge in [0.15, 0.2) is 0 Å². The number of hydrogen-bond acceptors (Lipinski definition) is 6. The quantitative estimate of drug-likeness (QED) is 0.487. The van der Waals surface area contributed by atoms with Gasteiger partial charge in [-0.15, -0.1) is 0 Å². The number of sulfonamides is 2.